The molecule has 0 radical (unpaired) electrons. The molecule has 0 bridgehead atoms. The minimum absolute atomic E-state index is 0.135. The van der Waals surface area contributed by atoms with E-state index in [0.29, 0.717) is 23.9 Å². The van der Waals surface area contributed by atoms with Crippen molar-refractivity contribution in [3.63, 3.8) is 0 Å². The number of rotatable bonds is 8. The number of benzene rings is 2. The Morgan fingerprint density at radius 2 is 1.70 bits per heavy atom. The minimum Gasteiger partial charge on any atom is -0.490 e. The van der Waals surface area contributed by atoms with E-state index in [4.69, 9.17) is 14.9 Å². The van der Waals surface area contributed by atoms with E-state index in [-0.39, 0.29) is 11.1 Å². The summed E-state index contributed by atoms with van der Waals surface area (Å²) in [6, 6.07) is 15.3. The molecule has 3 rings (SSSR count). The molecule has 1 aliphatic heterocycles. The van der Waals surface area contributed by atoms with E-state index in [2.05, 4.69) is 11.9 Å². The van der Waals surface area contributed by atoms with Gasteiger partial charge in [0.05, 0.1) is 4.91 Å². The Hall–Kier alpha value is -2.99. The number of para-hydroxylation sites is 2. The maximum atomic E-state index is 11.8. The van der Waals surface area contributed by atoms with Gasteiger partial charge in [-0.2, -0.15) is 0 Å². The topological polar surface area (TPSA) is 71.4 Å². The minimum atomic E-state index is -0.262. The number of nitrogens with one attached hydrogen (secondary N) is 2. The Morgan fingerprint density at radius 1 is 1.04 bits per heavy atom. The monoisotopic (exact) mass is 380 g/mol. The molecule has 2 aromatic rings. The van der Waals surface area contributed by atoms with Crippen molar-refractivity contribution in [3.8, 4) is 11.5 Å². The number of carbonyl (C=O) groups excluding carboxylic acids is 1. The molecule has 0 aliphatic carbocycles. The highest BCUT2D eigenvalue weighted by molar-refractivity contribution is 8.18. The predicted octanol–water partition coefficient (Wildman–Crippen LogP) is 4.01. The van der Waals surface area contributed by atoms with E-state index in [9.17, 15) is 4.79 Å². The second kappa shape index (κ2) is 9.09. The van der Waals surface area contributed by atoms with Gasteiger partial charge in [0.15, 0.2) is 5.17 Å². The first-order valence-electron chi connectivity index (χ1n) is 8.50. The summed E-state index contributed by atoms with van der Waals surface area (Å²) < 4.78 is 11.7. The zero-order chi connectivity index (χ0) is 19.1. The van der Waals surface area contributed by atoms with Crippen molar-refractivity contribution in [2.75, 3.05) is 13.2 Å². The summed E-state index contributed by atoms with van der Waals surface area (Å²) in [5, 5.41) is 10.1. The molecule has 0 atom stereocenters. The zero-order valence-corrected chi connectivity index (χ0v) is 15.6. The van der Waals surface area contributed by atoms with Crippen LogP contribution in [0.4, 0.5) is 0 Å². The number of thioether (sulfide) groups is 1. The van der Waals surface area contributed by atoms with Crippen molar-refractivity contribution in [3.05, 3.63) is 77.2 Å². The maximum Gasteiger partial charge on any atom is 0.264 e. The molecule has 138 valence electrons. The molecule has 5 nitrogen and oxygen atoms in total. The Bertz CT molecular complexity index is 893. The summed E-state index contributed by atoms with van der Waals surface area (Å²) in [7, 11) is 0. The Morgan fingerprint density at radius 3 is 2.41 bits per heavy atom. The Kier molecular flexibility index (Phi) is 6.33. The highest BCUT2D eigenvalue weighted by Crippen LogP contribution is 2.28. The number of ether oxygens (including phenoxy) is 2. The van der Waals surface area contributed by atoms with E-state index in [0.717, 1.165) is 35.1 Å². The second-order valence-electron chi connectivity index (χ2n) is 5.73. The zero-order valence-electron chi connectivity index (χ0n) is 14.7. The van der Waals surface area contributed by atoms with Crippen molar-refractivity contribution in [2.45, 2.75) is 6.42 Å². The largest absolute Gasteiger partial charge is 0.490 e. The molecule has 1 aliphatic rings. The van der Waals surface area contributed by atoms with Crippen molar-refractivity contribution in [1.29, 1.82) is 5.41 Å². The van der Waals surface area contributed by atoms with Gasteiger partial charge in [0.2, 0.25) is 0 Å². The smallest absolute Gasteiger partial charge is 0.264 e. The van der Waals surface area contributed by atoms with Crippen molar-refractivity contribution >= 4 is 28.9 Å². The van der Waals surface area contributed by atoms with Crippen LogP contribution in [0.5, 0.6) is 11.5 Å². The molecule has 1 saturated heterocycles. The third kappa shape index (κ3) is 5.01. The standard InChI is InChI=1S/C21H20N2O3S/c1-2-7-15-8-3-5-10-17(15)25-12-13-26-18-11-6-4-9-16(18)14-19-20(24)23-21(22)27-19/h2-6,8-11,14H,1,7,12-13H2,(H2,22,23,24). The number of hydrogen-bond acceptors (Lipinski definition) is 5. The second-order valence-corrected chi connectivity index (χ2v) is 6.78. The first-order chi connectivity index (χ1) is 13.2. The van der Waals surface area contributed by atoms with Crippen LogP contribution >= 0.6 is 11.8 Å². The number of amidine groups is 1. The molecular weight excluding hydrogens is 360 g/mol. The lowest BCUT2D eigenvalue weighted by molar-refractivity contribution is -0.115. The summed E-state index contributed by atoms with van der Waals surface area (Å²) in [6.07, 6.45) is 4.33. The van der Waals surface area contributed by atoms with Gasteiger partial charge in [-0.3, -0.25) is 10.2 Å². The molecular formula is C21H20N2O3S. The van der Waals surface area contributed by atoms with Crippen LogP contribution in [0, 0.1) is 5.41 Å². The summed E-state index contributed by atoms with van der Waals surface area (Å²) in [5.74, 6) is 1.23. The summed E-state index contributed by atoms with van der Waals surface area (Å²) >= 11 is 1.10. The van der Waals surface area contributed by atoms with Crippen molar-refractivity contribution in [2.24, 2.45) is 0 Å². The number of allylic oxidation sites excluding steroid dienone is 1. The van der Waals surface area contributed by atoms with Gasteiger partial charge in [0.25, 0.3) is 5.91 Å². The molecule has 0 spiro atoms. The fraction of sp³-hybridized carbons (Fsp3) is 0.143. The van der Waals surface area contributed by atoms with Crippen LogP contribution in [0.15, 0.2) is 66.1 Å². The third-order valence-electron chi connectivity index (χ3n) is 3.80. The van der Waals surface area contributed by atoms with Gasteiger partial charge < -0.3 is 14.8 Å². The van der Waals surface area contributed by atoms with E-state index in [1.807, 2.05) is 54.6 Å². The number of carbonyl (C=O) groups is 1. The van der Waals surface area contributed by atoms with Gasteiger partial charge in [-0.1, -0.05) is 42.5 Å². The predicted molar refractivity (Wildman–Crippen MR) is 109 cm³/mol. The third-order valence-corrected chi connectivity index (χ3v) is 4.63. The lowest BCUT2D eigenvalue weighted by atomic mass is 10.1. The van der Waals surface area contributed by atoms with Crippen LogP contribution in [-0.4, -0.2) is 24.3 Å². The quantitative estimate of drug-likeness (QED) is 0.412. The lowest BCUT2D eigenvalue weighted by Crippen LogP contribution is -2.18. The van der Waals surface area contributed by atoms with Crippen LogP contribution in [0.1, 0.15) is 11.1 Å². The van der Waals surface area contributed by atoms with E-state index < -0.39 is 0 Å². The van der Waals surface area contributed by atoms with Crippen LogP contribution in [0.25, 0.3) is 6.08 Å². The lowest BCUT2D eigenvalue weighted by Gasteiger charge is -2.12. The van der Waals surface area contributed by atoms with Crippen molar-refractivity contribution in [1.82, 2.24) is 5.32 Å². The Balaban J connectivity index is 1.61. The van der Waals surface area contributed by atoms with E-state index in [1.54, 1.807) is 6.08 Å². The number of amides is 1. The molecule has 0 saturated carbocycles. The molecule has 1 heterocycles. The number of hydrogen-bond donors (Lipinski definition) is 2. The first kappa shape index (κ1) is 18.8. The Labute approximate surface area is 162 Å². The first-order valence-corrected chi connectivity index (χ1v) is 9.32. The van der Waals surface area contributed by atoms with Crippen LogP contribution in [-0.2, 0) is 11.2 Å². The highest BCUT2D eigenvalue weighted by Gasteiger charge is 2.22. The van der Waals surface area contributed by atoms with Gasteiger partial charge in [0.1, 0.15) is 24.7 Å². The van der Waals surface area contributed by atoms with Gasteiger partial charge in [-0.05, 0) is 42.0 Å². The molecule has 2 N–H and O–H groups in total. The average molecular weight is 380 g/mol. The average Bonchev–Trinajstić information content (AvgIpc) is 2.98. The summed E-state index contributed by atoms with van der Waals surface area (Å²) in [4.78, 5) is 12.3. The normalized spacial score (nSPS) is 14.9. The molecule has 0 aromatic heterocycles. The molecule has 1 fully saturated rings. The van der Waals surface area contributed by atoms with Gasteiger partial charge >= 0.3 is 0 Å². The van der Waals surface area contributed by atoms with Crippen LogP contribution < -0.4 is 14.8 Å². The molecule has 0 unspecified atom stereocenters. The summed E-state index contributed by atoms with van der Waals surface area (Å²) in [5.41, 5.74) is 1.88. The molecule has 2 aromatic carbocycles. The fourth-order valence-electron chi connectivity index (χ4n) is 2.59. The SMILES string of the molecule is C=CCc1ccccc1OCCOc1ccccc1C=C1SC(=N)NC1=O. The van der Waals surface area contributed by atoms with Crippen LogP contribution in [0.3, 0.4) is 0 Å². The highest BCUT2D eigenvalue weighted by atomic mass is 32.2. The molecule has 1 amide bonds. The van der Waals surface area contributed by atoms with E-state index >= 15 is 0 Å². The van der Waals surface area contributed by atoms with Crippen molar-refractivity contribution < 1.29 is 14.3 Å². The maximum absolute atomic E-state index is 11.8. The molecule has 6 heteroatoms. The summed E-state index contributed by atoms with van der Waals surface area (Å²) in [6.45, 7) is 4.54. The van der Waals surface area contributed by atoms with Gasteiger partial charge in [-0.15, -0.1) is 6.58 Å². The van der Waals surface area contributed by atoms with Gasteiger partial charge in [0, 0.05) is 5.56 Å². The van der Waals surface area contributed by atoms with Gasteiger partial charge in [-0.25, -0.2) is 0 Å². The van der Waals surface area contributed by atoms with Crippen LogP contribution in [0.2, 0.25) is 0 Å². The molecule has 27 heavy (non-hydrogen) atoms. The fourth-order valence-corrected chi connectivity index (χ4v) is 3.28. The van der Waals surface area contributed by atoms with E-state index in [1.165, 1.54) is 0 Å².